The number of hydrogen-bond acceptors (Lipinski definition) is 3. The van der Waals surface area contributed by atoms with Crippen LogP contribution in [0.2, 0.25) is 0 Å². The van der Waals surface area contributed by atoms with Gasteiger partial charge in [-0.25, -0.2) is 4.98 Å². The van der Waals surface area contributed by atoms with Crippen molar-refractivity contribution in [1.29, 1.82) is 0 Å². The molecular weight excluding hydrogens is 398 g/mol. The maximum absolute atomic E-state index is 12.1. The van der Waals surface area contributed by atoms with Gasteiger partial charge in [-0.1, -0.05) is 42.5 Å². The van der Waals surface area contributed by atoms with Gasteiger partial charge in [-0.05, 0) is 60.6 Å². The number of benzene rings is 2. The SMILES string of the molecule is Cc1ccc(-c2ccc(-c3cn4c(n3)CCC(CNC(=O)c3ccco3)C4)cc2)cc1C. The number of imidazole rings is 1. The number of furan rings is 1. The van der Waals surface area contributed by atoms with Crippen molar-refractivity contribution >= 4 is 5.91 Å². The molecule has 0 spiro atoms. The van der Waals surface area contributed by atoms with E-state index in [4.69, 9.17) is 9.40 Å². The Morgan fingerprint density at radius 2 is 1.84 bits per heavy atom. The molecule has 0 radical (unpaired) electrons. The van der Waals surface area contributed by atoms with Gasteiger partial charge in [-0.15, -0.1) is 0 Å². The molecule has 2 aromatic heterocycles. The van der Waals surface area contributed by atoms with Crippen molar-refractivity contribution in [2.24, 2.45) is 5.92 Å². The van der Waals surface area contributed by atoms with Crippen LogP contribution in [-0.2, 0) is 13.0 Å². The summed E-state index contributed by atoms with van der Waals surface area (Å²) in [5, 5.41) is 2.99. The fourth-order valence-electron chi connectivity index (χ4n) is 4.31. The number of carbonyl (C=O) groups excluding carboxylic acids is 1. The van der Waals surface area contributed by atoms with Crippen LogP contribution in [-0.4, -0.2) is 22.0 Å². The van der Waals surface area contributed by atoms with Crippen molar-refractivity contribution in [2.45, 2.75) is 33.2 Å². The number of hydrogen-bond donors (Lipinski definition) is 1. The minimum atomic E-state index is -0.157. The van der Waals surface area contributed by atoms with E-state index in [1.165, 1.54) is 28.5 Å². The predicted octanol–water partition coefficient (Wildman–Crippen LogP) is 5.42. The first-order valence-corrected chi connectivity index (χ1v) is 11.1. The molecule has 5 heteroatoms. The minimum Gasteiger partial charge on any atom is -0.459 e. The van der Waals surface area contributed by atoms with Gasteiger partial charge in [0.15, 0.2) is 5.76 Å². The van der Waals surface area contributed by atoms with E-state index in [0.717, 1.165) is 36.5 Å². The molecule has 0 fully saturated rings. The molecule has 1 N–H and O–H groups in total. The van der Waals surface area contributed by atoms with E-state index in [1.807, 2.05) is 0 Å². The second-order valence-corrected chi connectivity index (χ2v) is 8.66. The molecule has 0 bridgehead atoms. The van der Waals surface area contributed by atoms with E-state index in [0.29, 0.717) is 18.2 Å². The van der Waals surface area contributed by atoms with Crippen LogP contribution < -0.4 is 5.32 Å². The summed E-state index contributed by atoms with van der Waals surface area (Å²) in [7, 11) is 0. The van der Waals surface area contributed by atoms with Crippen molar-refractivity contribution in [3.63, 3.8) is 0 Å². The van der Waals surface area contributed by atoms with Gasteiger partial charge in [-0.2, -0.15) is 0 Å². The van der Waals surface area contributed by atoms with Gasteiger partial charge < -0.3 is 14.3 Å². The van der Waals surface area contributed by atoms with Gasteiger partial charge in [0.25, 0.3) is 5.91 Å². The molecule has 0 saturated carbocycles. The molecule has 2 aromatic carbocycles. The first-order valence-electron chi connectivity index (χ1n) is 11.1. The molecule has 0 saturated heterocycles. The average Bonchev–Trinajstić information content (AvgIpc) is 3.49. The fraction of sp³-hybridized carbons (Fsp3) is 0.259. The van der Waals surface area contributed by atoms with Crippen molar-refractivity contribution in [1.82, 2.24) is 14.9 Å². The van der Waals surface area contributed by atoms with Gasteiger partial charge in [0.05, 0.1) is 12.0 Å². The Bertz CT molecular complexity index is 1240. The Balaban J connectivity index is 1.26. The lowest BCUT2D eigenvalue weighted by Crippen LogP contribution is -2.33. The number of nitrogens with zero attached hydrogens (tertiary/aromatic N) is 2. The van der Waals surface area contributed by atoms with Crippen molar-refractivity contribution in [2.75, 3.05) is 6.54 Å². The number of aryl methyl sites for hydroxylation is 3. The van der Waals surface area contributed by atoms with E-state index in [1.54, 1.807) is 12.1 Å². The van der Waals surface area contributed by atoms with Crippen LogP contribution in [0.4, 0.5) is 0 Å². The number of aromatic nitrogens is 2. The number of nitrogens with one attached hydrogen (secondary N) is 1. The van der Waals surface area contributed by atoms with Crippen LogP contribution in [0.5, 0.6) is 0 Å². The molecule has 162 valence electrons. The van der Waals surface area contributed by atoms with E-state index in [2.05, 4.69) is 72.4 Å². The van der Waals surface area contributed by atoms with Crippen LogP contribution in [0, 0.1) is 19.8 Å². The lowest BCUT2D eigenvalue weighted by Gasteiger charge is -2.23. The summed E-state index contributed by atoms with van der Waals surface area (Å²) < 4.78 is 7.40. The van der Waals surface area contributed by atoms with Gasteiger partial charge in [0.2, 0.25) is 0 Å². The van der Waals surface area contributed by atoms with Gasteiger partial charge in [-0.3, -0.25) is 4.79 Å². The highest BCUT2D eigenvalue weighted by molar-refractivity contribution is 5.91. The zero-order valence-electron chi connectivity index (χ0n) is 18.5. The first-order chi connectivity index (χ1) is 15.6. The Labute approximate surface area is 188 Å². The number of carbonyl (C=O) groups is 1. The topological polar surface area (TPSA) is 60.1 Å². The minimum absolute atomic E-state index is 0.157. The molecule has 3 heterocycles. The van der Waals surface area contributed by atoms with Crippen molar-refractivity contribution in [3.8, 4) is 22.4 Å². The average molecular weight is 426 g/mol. The Kier molecular flexibility index (Phi) is 5.39. The lowest BCUT2D eigenvalue weighted by atomic mass is 9.99. The second-order valence-electron chi connectivity index (χ2n) is 8.66. The second kappa shape index (κ2) is 8.50. The maximum Gasteiger partial charge on any atom is 0.286 e. The Hall–Kier alpha value is -3.60. The molecule has 4 aromatic rings. The highest BCUT2D eigenvalue weighted by Crippen LogP contribution is 2.28. The molecule has 1 aliphatic heterocycles. The Morgan fingerprint density at radius 1 is 1.06 bits per heavy atom. The van der Waals surface area contributed by atoms with E-state index in [-0.39, 0.29) is 5.91 Å². The lowest BCUT2D eigenvalue weighted by molar-refractivity contribution is 0.0916. The molecular formula is C27H27N3O2. The van der Waals surface area contributed by atoms with Crippen molar-refractivity contribution in [3.05, 3.63) is 89.8 Å². The van der Waals surface area contributed by atoms with E-state index in [9.17, 15) is 4.79 Å². The third-order valence-electron chi connectivity index (χ3n) is 6.41. The van der Waals surface area contributed by atoms with Gasteiger partial charge >= 0.3 is 0 Å². The maximum atomic E-state index is 12.1. The fourth-order valence-corrected chi connectivity index (χ4v) is 4.31. The standard InChI is InChI=1S/C27H27N3O2/c1-18-5-7-23(14-19(18)2)21-8-10-22(11-9-21)24-17-30-16-20(6-12-26(30)29-24)15-28-27(31)25-4-3-13-32-25/h3-5,7-11,13-14,17,20H,6,12,15-16H2,1-2H3,(H,28,31). The quantitative estimate of drug-likeness (QED) is 0.464. The molecule has 1 amide bonds. The summed E-state index contributed by atoms with van der Waals surface area (Å²) >= 11 is 0. The summed E-state index contributed by atoms with van der Waals surface area (Å²) in [5.41, 5.74) is 7.21. The van der Waals surface area contributed by atoms with E-state index >= 15 is 0 Å². The third kappa shape index (κ3) is 4.11. The van der Waals surface area contributed by atoms with Gasteiger partial charge in [0, 0.05) is 31.3 Å². The highest BCUT2D eigenvalue weighted by atomic mass is 16.3. The third-order valence-corrected chi connectivity index (χ3v) is 6.41. The zero-order valence-corrected chi connectivity index (χ0v) is 18.5. The van der Waals surface area contributed by atoms with Crippen LogP contribution >= 0.6 is 0 Å². The highest BCUT2D eigenvalue weighted by Gasteiger charge is 2.22. The van der Waals surface area contributed by atoms with Gasteiger partial charge in [0.1, 0.15) is 5.82 Å². The molecule has 5 rings (SSSR count). The zero-order chi connectivity index (χ0) is 22.1. The molecule has 5 nitrogen and oxygen atoms in total. The predicted molar refractivity (Wildman–Crippen MR) is 125 cm³/mol. The van der Waals surface area contributed by atoms with Crippen LogP contribution in [0.3, 0.4) is 0 Å². The first kappa shape index (κ1) is 20.3. The summed E-state index contributed by atoms with van der Waals surface area (Å²) in [5.74, 6) is 1.70. The summed E-state index contributed by atoms with van der Waals surface area (Å²) in [4.78, 5) is 17.0. The smallest absolute Gasteiger partial charge is 0.286 e. The summed E-state index contributed by atoms with van der Waals surface area (Å²) in [6, 6.07) is 18.7. The Morgan fingerprint density at radius 3 is 2.59 bits per heavy atom. The number of fused-ring (bicyclic) bond motifs is 1. The molecule has 1 atom stereocenters. The number of rotatable bonds is 5. The molecule has 0 aliphatic carbocycles. The summed E-state index contributed by atoms with van der Waals surface area (Å²) in [6.07, 6.45) is 5.59. The van der Waals surface area contributed by atoms with Crippen LogP contribution in [0.1, 0.15) is 33.9 Å². The number of amides is 1. The molecule has 1 unspecified atom stereocenters. The monoisotopic (exact) mass is 425 g/mol. The summed E-state index contributed by atoms with van der Waals surface area (Å²) in [6.45, 7) is 5.79. The molecule has 32 heavy (non-hydrogen) atoms. The largest absolute Gasteiger partial charge is 0.459 e. The van der Waals surface area contributed by atoms with Crippen molar-refractivity contribution < 1.29 is 9.21 Å². The van der Waals surface area contributed by atoms with E-state index < -0.39 is 0 Å². The van der Waals surface area contributed by atoms with Crippen LogP contribution in [0.15, 0.2) is 71.5 Å². The normalized spacial score (nSPS) is 15.4. The molecule has 1 aliphatic rings. The van der Waals surface area contributed by atoms with Crippen LogP contribution in [0.25, 0.3) is 22.4 Å².